The Bertz CT molecular complexity index is 417. The third kappa shape index (κ3) is 4.55. The van der Waals surface area contributed by atoms with Crippen molar-refractivity contribution in [1.82, 2.24) is 0 Å². The summed E-state index contributed by atoms with van der Waals surface area (Å²) in [4.78, 5) is 0. The summed E-state index contributed by atoms with van der Waals surface area (Å²) in [5.41, 5.74) is 1.49. The van der Waals surface area contributed by atoms with E-state index in [1.54, 1.807) is 0 Å². The molecule has 0 heterocycles. The minimum Gasteiger partial charge on any atom is -0.393 e. The van der Waals surface area contributed by atoms with Gasteiger partial charge in [-0.2, -0.15) is 0 Å². The van der Waals surface area contributed by atoms with Crippen molar-refractivity contribution in [3.63, 3.8) is 0 Å². The number of hydrogen-bond acceptors (Lipinski definition) is 2. The van der Waals surface area contributed by atoms with Crippen molar-refractivity contribution >= 4 is 0 Å². The number of benzene rings is 1. The van der Waals surface area contributed by atoms with Gasteiger partial charge in [0.2, 0.25) is 0 Å². The van der Waals surface area contributed by atoms with E-state index in [4.69, 9.17) is 4.74 Å². The Hall–Kier alpha value is -0.860. The summed E-state index contributed by atoms with van der Waals surface area (Å²) >= 11 is 0. The fraction of sp³-hybridized carbons (Fsp3) is 0.684. The molecule has 1 fully saturated rings. The Morgan fingerprint density at radius 2 is 2.00 bits per heavy atom. The van der Waals surface area contributed by atoms with Gasteiger partial charge in [0, 0.05) is 6.61 Å². The first kappa shape index (κ1) is 16.5. The maximum absolute atomic E-state index is 9.97. The van der Waals surface area contributed by atoms with Gasteiger partial charge < -0.3 is 9.84 Å². The van der Waals surface area contributed by atoms with Crippen LogP contribution in [0, 0.1) is 17.3 Å². The van der Waals surface area contributed by atoms with Gasteiger partial charge in [-0.05, 0) is 42.1 Å². The average Bonchev–Trinajstić information content (AvgIpc) is 2.47. The largest absolute Gasteiger partial charge is 0.393 e. The first-order chi connectivity index (χ1) is 10.0. The first-order valence-corrected chi connectivity index (χ1v) is 8.31. The summed E-state index contributed by atoms with van der Waals surface area (Å²) in [6.45, 7) is 8.43. The molecule has 1 aliphatic carbocycles. The maximum Gasteiger partial charge on any atom is 0.0717 e. The molecular weight excluding hydrogens is 260 g/mol. The molecule has 0 amide bonds. The van der Waals surface area contributed by atoms with Crippen LogP contribution in [-0.4, -0.2) is 17.8 Å². The Balaban J connectivity index is 1.80. The Kier molecular flexibility index (Phi) is 5.83. The highest BCUT2D eigenvalue weighted by Crippen LogP contribution is 2.45. The summed E-state index contributed by atoms with van der Waals surface area (Å²) < 4.78 is 5.90. The molecule has 0 aliphatic heterocycles. The molecule has 118 valence electrons. The van der Waals surface area contributed by atoms with Crippen LogP contribution in [0.2, 0.25) is 0 Å². The normalized spacial score (nSPS) is 29.0. The van der Waals surface area contributed by atoms with Crippen LogP contribution in [0.1, 0.15) is 52.0 Å². The van der Waals surface area contributed by atoms with Crippen molar-refractivity contribution in [2.45, 2.75) is 59.2 Å². The summed E-state index contributed by atoms with van der Waals surface area (Å²) in [5, 5.41) is 9.97. The van der Waals surface area contributed by atoms with E-state index in [1.807, 2.05) is 6.07 Å². The number of hydrogen-bond donors (Lipinski definition) is 1. The molecular formula is C19H30O2. The zero-order chi connectivity index (χ0) is 15.3. The van der Waals surface area contributed by atoms with Gasteiger partial charge in [-0.15, -0.1) is 0 Å². The zero-order valence-corrected chi connectivity index (χ0v) is 13.7. The molecule has 2 nitrogen and oxygen atoms in total. The Labute approximate surface area is 129 Å². The lowest BCUT2D eigenvalue weighted by Crippen LogP contribution is -2.38. The van der Waals surface area contributed by atoms with Crippen LogP contribution in [0.5, 0.6) is 0 Å². The quantitative estimate of drug-likeness (QED) is 0.840. The smallest absolute Gasteiger partial charge is 0.0717 e. The second-order valence-corrected chi connectivity index (χ2v) is 7.17. The van der Waals surface area contributed by atoms with Crippen molar-refractivity contribution in [3.05, 3.63) is 35.9 Å². The highest BCUT2D eigenvalue weighted by molar-refractivity contribution is 5.13. The molecule has 4 atom stereocenters. The van der Waals surface area contributed by atoms with Gasteiger partial charge in [0.25, 0.3) is 0 Å². The van der Waals surface area contributed by atoms with Gasteiger partial charge in [0.05, 0.1) is 12.7 Å². The summed E-state index contributed by atoms with van der Waals surface area (Å²) in [6, 6.07) is 10.3. The van der Waals surface area contributed by atoms with Crippen LogP contribution >= 0.6 is 0 Å². The predicted octanol–water partition coefficient (Wildman–Crippen LogP) is 4.42. The second kappa shape index (κ2) is 7.42. The van der Waals surface area contributed by atoms with E-state index in [-0.39, 0.29) is 11.5 Å². The summed E-state index contributed by atoms with van der Waals surface area (Å²) in [7, 11) is 0. The maximum atomic E-state index is 9.97. The van der Waals surface area contributed by atoms with Crippen molar-refractivity contribution in [2.24, 2.45) is 17.3 Å². The third-order valence-electron chi connectivity index (χ3n) is 5.43. The molecule has 1 aromatic rings. The van der Waals surface area contributed by atoms with Gasteiger partial charge in [0.1, 0.15) is 0 Å². The number of aliphatic hydroxyl groups excluding tert-OH is 1. The lowest BCUT2D eigenvalue weighted by Gasteiger charge is -2.43. The monoisotopic (exact) mass is 290 g/mol. The molecule has 21 heavy (non-hydrogen) atoms. The van der Waals surface area contributed by atoms with Gasteiger partial charge >= 0.3 is 0 Å². The first-order valence-electron chi connectivity index (χ1n) is 8.31. The number of rotatable bonds is 6. The van der Waals surface area contributed by atoms with E-state index < -0.39 is 0 Å². The third-order valence-corrected chi connectivity index (χ3v) is 5.43. The Morgan fingerprint density at radius 1 is 1.29 bits per heavy atom. The summed E-state index contributed by atoms with van der Waals surface area (Å²) in [5.74, 6) is 1.09. The highest BCUT2D eigenvalue weighted by Gasteiger charge is 2.38. The molecule has 1 N–H and O–H groups in total. The molecule has 1 aromatic carbocycles. The minimum absolute atomic E-state index is 0.108. The molecule has 1 saturated carbocycles. The molecule has 0 aromatic heterocycles. The van der Waals surface area contributed by atoms with Crippen LogP contribution < -0.4 is 0 Å². The van der Waals surface area contributed by atoms with E-state index in [0.29, 0.717) is 18.4 Å². The van der Waals surface area contributed by atoms with Gasteiger partial charge in [0.15, 0.2) is 0 Å². The van der Waals surface area contributed by atoms with Crippen LogP contribution in [0.3, 0.4) is 0 Å². The van der Waals surface area contributed by atoms with E-state index in [0.717, 1.165) is 25.9 Å². The van der Waals surface area contributed by atoms with Crippen molar-refractivity contribution in [3.8, 4) is 0 Å². The predicted molar refractivity (Wildman–Crippen MR) is 87.0 cm³/mol. The number of aliphatic hydroxyl groups is 1. The van der Waals surface area contributed by atoms with Gasteiger partial charge in [-0.1, -0.05) is 57.5 Å². The van der Waals surface area contributed by atoms with E-state index in [9.17, 15) is 5.11 Å². The molecule has 2 rings (SSSR count). The molecule has 0 radical (unpaired) electrons. The lowest BCUT2D eigenvalue weighted by atomic mass is 9.63. The van der Waals surface area contributed by atoms with Crippen LogP contribution in [0.4, 0.5) is 0 Å². The van der Waals surface area contributed by atoms with Gasteiger partial charge in [-0.3, -0.25) is 0 Å². The van der Waals surface area contributed by atoms with Crippen LogP contribution in [0.25, 0.3) is 0 Å². The van der Waals surface area contributed by atoms with Crippen molar-refractivity contribution in [2.75, 3.05) is 6.61 Å². The highest BCUT2D eigenvalue weighted by atomic mass is 16.5. The average molecular weight is 290 g/mol. The summed E-state index contributed by atoms with van der Waals surface area (Å²) in [6.07, 6.45) is 4.19. The number of ether oxygens (including phenoxy) is 1. The topological polar surface area (TPSA) is 29.5 Å². The fourth-order valence-electron chi connectivity index (χ4n) is 3.67. The minimum atomic E-state index is -0.108. The van der Waals surface area contributed by atoms with E-state index >= 15 is 0 Å². The second-order valence-electron chi connectivity index (χ2n) is 7.17. The molecule has 0 spiro atoms. The van der Waals surface area contributed by atoms with E-state index in [2.05, 4.69) is 45.0 Å². The molecule has 0 unspecified atom stereocenters. The fourth-order valence-corrected chi connectivity index (χ4v) is 3.67. The van der Waals surface area contributed by atoms with Crippen LogP contribution in [-0.2, 0) is 11.3 Å². The lowest BCUT2D eigenvalue weighted by molar-refractivity contribution is -0.0142. The molecule has 1 aliphatic rings. The molecule has 0 saturated heterocycles. The zero-order valence-electron chi connectivity index (χ0n) is 13.7. The van der Waals surface area contributed by atoms with E-state index in [1.165, 1.54) is 12.0 Å². The van der Waals surface area contributed by atoms with Crippen molar-refractivity contribution < 1.29 is 9.84 Å². The van der Waals surface area contributed by atoms with Crippen LogP contribution in [0.15, 0.2) is 30.3 Å². The SMILES string of the molecule is C[C@H](COCc1ccccc1)[C@@H](C)[C@@]1(C)CCC[C@@H](O)C1. The standard InChI is InChI=1S/C19H30O2/c1-15(13-21-14-17-8-5-4-6-9-17)16(2)19(3)11-7-10-18(20)12-19/h4-6,8-9,15-16,18,20H,7,10-14H2,1-3H3/t15-,16-,18-,19+/m1/s1. The van der Waals surface area contributed by atoms with Gasteiger partial charge in [-0.25, -0.2) is 0 Å². The van der Waals surface area contributed by atoms with Crippen molar-refractivity contribution in [1.29, 1.82) is 0 Å². The molecule has 2 heteroatoms. The molecule has 0 bridgehead atoms. The Morgan fingerprint density at radius 3 is 2.67 bits per heavy atom.